The van der Waals surface area contributed by atoms with Crippen molar-refractivity contribution in [1.82, 2.24) is 25.5 Å². The highest BCUT2D eigenvalue weighted by atomic mass is 35.5. The first-order valence-corrected chi connectivity index (χ1v) is 8.04. The van der Waals surface area contributed by atoms with Crippen LogP contribution in [0.5, 0.6) is 0 Å². The summed E-state index contributed by atoms with van der Waals surface area (Å²) in [5, 5.41) is 14.0. The number of benzene rings is 2. The number of hydrogen-bond donors (Lipinski definition) is 1. The van der Waals surface area contributed by atoms with Gasteiger partial charge in [-0.05, 0) is 30.3 Å². The van der Waals surface area contributed by atoms with E-state index >= 15 is 0 Å². The van der Waals surface area contributed by atoms with Crippen molar-refractivity contribution in [2.45, 2.75) is 13.5 Å². The normalized spacial score (nSPS) is 10.7. The van der Waals surface area contributed by atoms with Crippen molar-refractivity contribution in [3.63, 3.8) is 0 Å². The first-order valence-electron chi connectivity index (χ1n) is 7.66. The van der Waals surface area contributed by atoms with E-state index in [-0.39, 0.29) is 23.0 Å². The van der Waals surface area contributed by atoms with E-state index in [0.717, 1.165) is 0 Å². The summed E-state index contributed by atoms with van der Waals surface area (Å²) in [6, 6.07) is 11.4. The second kappa shape index (κ2) is 7.40. The summed E-state index contributed by atoms with van der Waals surface area (Å²) >= 11 is 6.08. The molecule has 2 aromatic carbocycles. The molecule has 3 aromatic rings. The van der Waals surface area contributed by atoms with Crippen molar-refractivity contribution in [2.75, 3.05) is 6.54 Å². The molecule has 0 aliphatic heterocycles. The van der Waals surface area contributed by atoms with Gasteiger partial charge in [0, 0.05) is 22.7 Å². The Bertz CT molecular complexity index is 864. The number of aromatic amines is 1. The zero-order valence-corrected chi connectivity index (χ0v) is 14.2. The van der Waals surface area contributed by atoms with E-state index in [1.807, 2.05) is 6.92 Å². The Morgan fingerprint density at radius 1 is 1.24 bits per heavy atom. The molecule has 0 unspecified atom stereocenters. The molecule has 6 nitrogen and oxygen atoms in total. The number of aromatic nitrogens is 4. The maximum atomic E-state index is 14.1. The molecule has 1 aromatic heterocycles. The van der Waals surface area contributed by atoms with Gasteiger partial charge in [-0.3, -0.25) is 4.79 Å². The predicted molar refractivity (Wildman–Crippen MR) is 91.4 cm³/mol. The standard InChI is InChI=1S/C17H15ClFN5O/c1-2-24(10-13-14(18)8-5-9-15(13)19)17(25)12-7-4-3-6-11(12)16-20-22-23-21-16/h3-9H,2,10H2,1H3,(H,20,21,22,23). The zero-order chi connectivity index (χ0) is 17.8. The van der Waals surface area contributed by atoms with E-state index in [1.54, 1.807) is 30.3 Å². The predicted octanol–water partition coefficient (Wildman–Crippen LogP) is 3.32. The van der Waals surface area contributed by atoms with Gasteiger partial charge in [0.2, 0.25) is 5.82 Å². The van der Waals surface area contributed by atoms with Gasteiger partial charge in [0.15, 0.2) is 0 Å². The van der Waals surface area contributed by atoms with Crippen molar-refractivity contribution in [2.24, 2.45) is 0 Å². The van der Waals surface area contributed by atoms with Crippen LogP contribution in [0.15, 0.2) is 42.5 Å². The first kappa shape index (κ1) is 17.0. The molecule has 3 rings (SSSR count). The summed E-state index contributed by atoms with van der Waals surface area (Å²) in [5.41, 5.74) is 1.26. The number of nitrogens with zero attached hydrogens (tertiary/aromatic N) is 4. The number of rotatable bonds is 5. The Labute approximate surface area is 148 Å². The Kier molecular flexibility index (Phi) is 5.04. The van der Waals surface area contributed by atoms with Crippen LogP contribution in [0.4, 0.5) is 4.39 Å². The summed E-state index contributed by atoms with van der Waals surface area (Å²) in [5.74, 6) is -0.378. The molecule has 1 amide bonds. The van der Waals surface area contributed by atoms with E-state index in [1.165, 1.54) is 17.0 Å². The molecule has 1 N–H and O–H groups in total. The molecule has 0 aliphatic carbocycles. The lowest BCUT2D eigenvalue weighted by Gasteiger charge is -2.22. The first-order chi connectivity index (χ1) is 12.1. The second-order valence-electron chi connectivity index (χ2n) is 5.30. The molecule has 0 saturated carbocycles. The van der Waals surface area contributed by atoms with Gasteiger partial charge >= 0.3 is 0 Å². The Hall–Kier alpha value is -2.80. The van der Waals surface area contributed by atoms with Gasteiger partial charge in [0.1, 0.15) is 5.82 Å². The van der Waals surface area contributed by atoms with E-state index in [2.05, 4.69) is 20.6 Å². The van der Waals surface area contributed by atoms with Crippen molar-refractivity contribution < 1.29 is 9.18 Å². The average Bonchev–Trinajstić information content (AvgIpc) is 3.16. The SMILES string of the molecule is CCN(Cc1c(F)cccc1Cl)C(=O)c1ccccc1-c1nn[nH]n1. The molecular weight excluding hydrogens is 345 g/mol. The molecule has 25 heavy (non-hydrogen) atoms. The van der Waals surface area contributed by atoms with Gasteiger partial charge in [-0.15, -0.1) is 10.2 Å². The largest absolute Gasteiger partial charge is 0.334 e. The number of carbonyl (C=O) groups excluding carboxylic acids is 1. The molecule has 0 fully saturated rings. The second-order valence-corrected chi connectivity index (χ2v) is 5.71. The van der Waals surface area contributed by atoms with E-state index < -0.39 is 5.82 Å². The highest BCUT2D eigenvalue weighted by Crippen LogP contribution is 2.24. The zero-order valence-electron chi connectivity index (χ0n) is 13.4. The lowest BCUT2D eigenvalue weighted by Crippen LogP contribution is -2.31. The number of amides is 1. The van der Waals surface area contributed by atoms with Crippen molar-refractivity contribution in [3.8, 4) is 11.4 Å². The number of H-pyrrole nitrogens is 1. The topological polar surface area (TPSA) is 74.8 Å². The number of halogens is 2. The maximum absolute atomic E-state index is 14.1. The molecule has 0 bridgehead atoms. The summed E-state index contributed by atoms with van der Waals surface area (Å²) in [4.78, 5) is 14.5. The number of tetrazole rings is 1. The van der Waals surface area contributed by atoms with Gasteiger partial charge in [-0.1, -0.05) is 35.9 Å². The van der Waals surface area contributed by atoms with Crippen LogP contribution in [0.25, 0.3) is 11.4 Å². The van der Waals surface area contributed by atoms with Crippen LogP contribution >= 0.6 is 11.6 Å². The van der Waals surface area contributed by atoms with Crippen LogP contribution in [0.3, 0.4) is 0 Å². The van der Waals surface area contributed by atoms with Crippen LogP contribution in [0, 0.1) is 5.82 Å². The minimum absolute atomic E-state index is 0.0709. The van der Waals surface area contributed by atoms with Crippen molar-refractivity contribution >= 4 is 17.5 Å². The molecule has 0 atom stereocenters. The lowest BCUT2D eigenvalue weighted by atomic mass is 10.1. The number of nitrogens with one attached hydrogen (secondary N) is 1. The maximum Gasteiger partial charge on any atom is 0.254 e. The quantitative estimate of drug-likeness (QED) is 0.758. The van der Waals surface area contributed by atoms with Crippen LogP contribution in [-0.4, -0.2) is 38.0 Å². The van der Waals surface area contributed by atoms with Crippen LogP contribution in [0.1, 0.15) is 22.8 Å². The third-order valence-electron chi connectivity index (χ3n) is 3.82. The van der Waals surface area contributed by atoms with E-state index in [9.17, 15) is 9.18 Å². The summed E-state index contributed by atoms with van der Waals surface area (Å²) in [7, 11) is 0. The molecule has 128 valence electrons. The smallest absolute Gasteiger partial charge is 0.254 e. The number of carbonyl (C=O) groups is 1. The van der Waals surface area contributed by atoms with Gasteiger partial charge < -0.3 is 4.90 Å². The lowest BCUT2D eigenvalue weighted by molar-refractivity contribution is 0.0752. The third kappa shape index (κ3) is 3.51. The highest BCUT2D eigenvalue weighted by Gasteiger charge is 2.22. The van der Waals surface area contributed by atoms with Crippen LogP contribution in [-0.2, 0) is 6.54 Å². The summed E-state index contributed by atoms with van der Waals surface area (Å²) in [6.07, 6.45) is 0. The minimum Gasteiger partial charge on any atom is -0.334 e. The van der Waals surface area contributed by atoms with Crippen molar-refractivity contribution in [3.05, 3.63) is 64.4 Å². The van der Waals surface area contributed by atoms with Gasteiger partial charge in [0.25, 0.3) is 5.91 Å². The third-order valence-corrected chi connectivity index (χ3v) is 4.18. The Morgan fingerprint density at radius 2 is 2.04 bits per heavy atom. The van der Waals surface area contributed by atoms with Gasteiger partial charge in [0.05, 0.1) is 12.1 Å². The molecular formula is C17H15ClFN5O. The highest BCUT2D eigenvalue weighted by molar-refractivity contribution is 6.31. The van der Waals surface area contributed by atoms with Gasteiger partial charge in [-0.2, -0.15) is 5.21 Å². The fraction of sp³-hybridized carbons (Fsp3) is 0.176. The van der Waals surface area contributed by atoms with Crippen LogP contribution in [0.2, 0.25) is 5.02 Å². The fourth-order valence-electron chi connectivity index (χ4n) is 2.51. The monoisotopic (exact) mass is 359 g/mol. The number of hydrogen-bond acceptors (Lipinski definition) is 4. The fourth-order valence-corrected chi connectivity index (χ4v) is 2.74. The summed E-state index contributed by atoms with van der Waals surface area (Å²) < 4.78 is 14.1. The molecule has 0 saturated heterocycles. The molecule has 0 aliphatic rings. The summed E-state index contributed by atoms with van der Waals surface area (Å²) in [6.45, 7) is 2.29. The average molecular weight is 360 g/mol. The molecule has 8 heteroatoms. The molecule has 0 radical (unpaired) electrons. The Balaban J connectivity index is 1.94. The Morgan fingerprint density at radius 3 is 2.72 bits per heavy atom. The van der Waals surface area contributed by atoms with Crippen LogP contribution < -0.4 is 0 Å². The van der Waals surface area contributed by atoms with E-state index in [4.69, 9.17) is 11.6 Å². The van der Waals surface area contributed by atoms with Crippen molar-refractivity contribution in [1.29, 1.82) is 0 Å². The molecule has 1 heterocycles. The van der Waals surface area contributed by atoms with E-state index in [0.29, 0.717) is 23.5 Å². The molecule has 0 spiro atoms. The van der Waals surface area contributed by atoms with Gasteiger partial charge in [-0.25, -0.2) is 4.39 Å². The minimum atomic E-state index is -0.440.